The van der Waals surface area contributed by atoms with Crippen molar-refractivity contribution in [3.05, 3.63) is 89.5 Å². The summed E-state index contributed by atoms with van der Waals surface area (Å²) in [6.07, 6.45) is 4.11. The van der Waals surface area contributed by atoms with Gasteiger partial charge < -0.3 is 14.1 Å². The van der Waals surface area contributed by atoms with Gasteiger partial charge in [0.1, 0.15) is 23.0 Å². The molecule has 7 nitrogen and oxygen atoms in total. The molecule has 1 atom stereocenters. The number of carbonyl (C=O) groups is 1. The number of nitrogens with one attached hydrogen (secondary N) is 1. The first kappa shape index (κ1) is 21.9. The number of amides is 1. The van der Waals surface area contributed by atoms with Gasteiger partial charge in [-0.15, -0.1) is 0 Å². The van der Waals surface area contributed by atoms with E-state index in [1.807, 2.05) is 24.3 Å². The number of methoxy groups -OCH3 is 1. The number of rotatable bonds is 6. The molecule has 0 aliphatic carbocycles. The van der Waals surface area contributed by atoms with Crippen molar-refractivity contribution < 1.29 is 18.3 Å². The van der Waals surface area contributed by atoms with Gasteiger partial charge in [-0.3, -0.25) is 9.89 Å². The number of halogens is 1. The lowest BCUT2D eigenvalue weighted by atomic mass is 9.97. The first-order valence-corrected chi connectivity index (χ1v) is 11.3. The standard InChI is InChI=1S/C26H25FN4O3/c1-33-24-7-3-2-5-18(24)13-21-15-28-25(34-21)19-6-4-12-31(16-19)26(32)23-14-22(29-30-23)17-8-10-20(27)11-9-17/h2-3,5,7-11,14-15,19H,4,6,12-13,16H2,1H3,(H,29,30)/t19-/m0/s1. The molecule has 4 aromatic rings. The van der Waals surface area contributed by atoms with Gasteiger partial charge in [0.15, 0.2) is 5.89 Å². The maximum atomic E-state index is 13.2. The van der Waals surface area contributed by atoms with Crippen molar-refractivity contribution in [3.63, 3.8) is 0 Å². The fourth-order valence-electron chi connectivity index (χ4n) is 4.36. The van der Waals surface area contributed by atoms with Crippen molar-refractivity contribution in [1.29, 1.82) is 0 Å². The third-order valence-corrected chi connectivity index (χ3v) is 6.13. The largest absolute Gasteiger partial charge is 0.496 e. The number of ether oxygens (including phenoxy) is 1. The van der Waals surface area contributed by atoms with Crippen molar-refractivity contribution >= 4 is 5.91 Å². The highest BCUT2D eigenvalue weighted by atomic mass is 19.1. The summed E-state index contributed by atoms with van der Waals surface area (Å²) in [5.41, 5.74) is 2.79. The maximum absolute atomic E-state index is 13.2. The van der Waals surface area contributed by atoms with Crippen molar-refractivity contribution in [1.82, 2.24) is 20.1 Å². The van der Waals surface area contributed by atoms with Crippen LogP contribution < -0.4 is 4.74 Å². The smallest absolute Gasteiger partial charge is 0.271 e. The van der Waals surface area contributed by atoms with Crippen LogP contribution in [0.5, 0.6) is 5.75 Å². The second-order valence-corrected chi connectivity index (χ2v) is 8.42. The van der Waals surface area contributed by atoms with Crippen LogP contribution in [0.4, 0.5) is 4.39 Å². The Labute approximate surface area is 196 Å². The Morgan fingerprint density at radius 3 is 2.88 bits per heavy atom. The number of aromatic amines is 1. The van der Waals surface area contributed by atoms with Gasteiger partial charge in [0.05, 0.1) is 24.9 Å². The van der Waals surface area contributed by atoms with Gasteiger partial charge in [0.25, 0.3) is 5.91 Å². The lowest BCUT2D eigenvalue weighted by Crippen LogP contribution is -2.39. The number of nitrogens with zero attached hydrogens (tertiary/aromatic N) is 3. The summed E-state index contributed by atoms with van der Waals surface area (Å²) in [5, 5.41) is 7.06. The molecule has 34 heavy (non-hydrogen) atoms. The van der Waals surface area contributed by atoms with Crippen LogP contribution >= 0.6 is 0 Å². The third kappa shape index (κ3) is 4.57. The minimum atomic E-state index is -0.312. The van der Waals surface area contributed by atoms with Crippen LogP contribution in [0, 0.1) is 5.82 Å². The van der Waals surface area contributed by atoms with Crippen molar-refractivity contribution in [2.75, 3.05) is 20.2 Å². The molecule has 5 rings (SSSR count). The van der Waals surface area contributed by atoms with Crippen molar-refractivity contribution in [3.8, 4) is 17.0 Å². The zero-order valence-corrected chi connectivity index (χ0v) is 18.8. The topological polar surface area (TPSA) is 84.2 Å². The number of H-pyrrole nitrogens is 1. The van der Waals surface area contributed by atoms with Crippen LogP contribution in [0.25, 0.3) is 11.3 Å². The lowest BCUT2D eigenvalue weighted by Gasteiger charge is -2.30. The Morgan fingerprint density at radius 2 is 2.06 bits per heavy atom. The summed E-state index contributed by atoms with van der Waals surface area (Å²) < 4.78 is 24.7. The Bertz CT molecular complexity index is 1280. The minimum Gasteiger partial charge on any atom is -0.496 e. The van der Waals surface area contributed by atoms with E-state index in [0.29, 0.717) is 36.8 Å². The van der Waals surface area contributed by atoms with Crippen LogP contribution in [0.3, 0.4) is 0 Å². The highest BCUT2D eigenvalue weighted by Crippen LogP contribution is 2.29. The second kappa shape index (κ2) is 9.51. The van der Waals surface area contributed by atoms with Crippen LogP contribution in [0.15, 0.2) is 65.2 Å². The van der Waals surface area contributed by atoms with E-state index in [1.54, 1.807) is 36.4 Å². The molecule has 1 aliphatic rings. The summed E-state index contributed by atoms with van der Waals surface area (Å²) in [7, 11) is 1.65. The van der Waals surface area contributed by atoms with E-state index in [1.165, 1.54) is 12.1 Å². The summed E-state index contributed by atoms with van der Waals surface area (Å²) in [6, 6.07) is 15.6. The molecule has 1 fully saturated rings. The van der Waals surface area contributed by atoms with Gasteiger partial charge in [0, 0.05) is 30.6 Å². The molecular formula is C26H25FN4O3. The average Bonchev–Trinajstić information content (AvgIpc) is 3.55. The Kier molecular flexibility index (Phi) is 6.12. The molecule has 1 saturated heterocycles. The van der Waals surface area contributed by atoms with Crippen LogP contribution in [-0.4, -0.2) is 46.2 Å². The third-order valence-electron chi connectivity index (χ3n) is 6.13. The molecule has 0 radical (unpaired) electrons. The van der Waals surface area contributed by atoms with E-state index >= 15 is 0 Å². The quantitative estimate of drug-likeness (QED) is 0.446. The number of benzene rings is 2. The van der Waals surface area contributed by atoms with Gasteiger partial charge in [0.2, 0.25) is 0 Å². The summed E-state index contributed by atoms with van der Waals surface area (Å²) in [4.78, 5) is 19.4. The Morgan fingerprint density at radius 1 is 1.24 bits per heavy atom. The van der Waals surface area contributed by atoms with E-state index < -0.39 is 0 Å². The molecule has 2 aromatic carbocycles. The molecule has 0 spiro atoms. The van der Waals surface area contributed by atoms with E-state index in [-0.39, 0.29) is 17.6 Å². The molecule has 174 valence electrons. The van der Waals surface area contributed by atoms with Crippen molar-refractivity contribution in [2.45, 2.75) is 25.2 Å². The van der Waals surface area contributed by atoms with Gasteiger partial charge in [-0.05, 0) is 49.2 Å². The monoisotopic (exact) mass is 460 g/mol. The zero-order valence-electron chi connectivity index (χ0n) is 18.8. The number of para-hydroxylation sites is 1. The highest BCUT2D eigenvalue weighted by Gasteiger charge is 2.29. The number of likely N-dealkylation sites (tertiary alicyclic amines) is 1. The SMILES string of the molecule is COc1ccccc1Cc1cnc([C@H]2CCCN(C(=O)c3cc(-c4ccc(F)cc4)n[nH]3)C2)o1. The highest BCUT2D eigenvalue weighted by molar-refractivity contribution is 5.93. The van der Waals surface area contributed by atoms with Crippen LogP contribution in [-0.2, 0) is 6.42 Å². The summed E-state index contributed by atoms with van der Waals surface area (Å²) in [5.74, 6) is 1.83. The molecule has 1 amide bonds. The predicted octanol–water partition coefficient (Wildman–Crippen LogP) is 4.82. The molecule has 3 heterocycles. The number of carbonyl (C=O) groups excluding carboxylic acids is 1. The second-order valence-electron chi connectivity index (χ2n) is 8.42. The number of hydrogen-bond donors (Lipinski definition) is 1. The molecule has 2 aromatic heterocycles. The molecule has 0 saturated carbocycles. The van der Waals surface area contributed by atoms with E-state index in [4.69, 9.17) is 9.15 Å². The van der Waals surface area contributed by atoms with Gasteiger partial charge in [-0.2, -0.15) is 5.10 Å². The fourth-order valence-corrected chi connectivity index (χ4v) is 4.36. The molecule has 0 bridgehead atoms. The molecule has 0 unspecified atom stereocenters. The number of aromatic nitrogens is 3. The molecule has 1 N–H and O–H groups in total. The first-order chi connectivity index (χ1) is 16.6. The Balaban J connectivity index is 1.26. The maximum Gasteiger partial charge on any atom is 0.271 e. The molecular weight excluding hydrogens is 435 g/mol. The molecule has 8 heteroatoms. The van der Waals surface area contributed by atoms with Crippen LogP contribution in [0.1, 0.15) is 46.5 Å². The Hall–Kier alpha value is -3.94. The minimum absolute atomic E-state index is 0.0311. The van der Waals surface area contributed by atoms with Crippen LogP contribution in [0.2, 0.25) is 0 Å². The van der Waals surface area contributed by atoms with E-state index in [9.17, 15) is 9.18 Å². The number of oxazole rings is 1. The zero-order chi connectivity index (χ0) is 23.5. The predicted molar refractivity (Wildman–Crippen MR) is 124 cm³/mol. The van der Waals surface area contributed by atoms with Crippen molar-refractivity contribution in [2.24, 2.45) is 0 Å². The van der Waals surface area contributed by atoms with E-state index in [0.717, 1.165) is 35.5 Å². The average molecular weight is 461 g/mol. The number of hydrogen-bond acceptors (Lipinski definition) is 5. The first-order valence-electron chi connectivity index (χ1n) is 11.3. The van der Waals surface area contributed by atoms with E-state index in [2.05, 4.69) is 15.2 Å². The van der Waals surface area contributed by atoms with Gasteiger partial charge in [-0.25, -0.2) is 9.37 Å². The lowest BCUT2D eigenvalue weighted by molar-refractivity contribution is 0.0692. The van der Waals surface area contributed by atoms with Gasteiger partial charge >= 0.3 is 0 Å². The normalized spacial score (nSPS) is 15.9. The summed E-state index contributed by atoms with van der Waals surface area (Å²) >= 11 is 0. The summed E-state index contributed by atoms with van der Waals surface area (Å²) in [6.45, 7) is 1.19. The molecule has 1 aliphatic heterocycles. The number of piperidine rings is 1. The fraction of sp³-hybridized carbons (Fsp3) is 0.269. The van der Waals surface area contributed by atoms with Gasteiger partial charge in [-0.1, -0.05) is 18.2 Å².